The number of H-pyrrole nitrogens is 1. The van der Waals surface area contributed by atoms with Crippen LogP contribution in [0.1, 0.15) is 48.0 Å². The van der Waals surface area contributed by atoms with Gasteiger partial charge in [-0.3, -0.25) is 18.9 Å². The highest BCUT2D eigenvalue weighted by Gasteiger charge is 2.17. The van der Waals surface area contributed by atoms with E-state index in [1.54, 1.807) is 6.92 Å². The van der Waals surface area contributed by atoms with Crippen molar-refractivity contribution in [2.45, 2.75) is 46.1 Å². The summed E-state index contributed by atoms with van der Waals surface area (Å²) in [4.78, 5) is 32.5. The third-order valence-electron chi connectivity index (χ3n) is 6.91. The Kier molecular flexibility index (Phi) is 7.82. The molecular formula is C31H28F2N4O3. The van der Waals surface area contributed by atoms with Crippen molar-refractivity contribution in [1.29, 1.82) is 0 Å². The molecule has 2 aromatic heterocycles. The van der Waals surface area contributed by atoms with Gasteiger partial charge in [-0.25, -0.2) is 18.6 Å². The van der Waals surface area contributed by atoms with Crippen molar-refractivity contribution in [3.05, 3.63) is 127 Å². The summed E-state index contributed by atoms with van der Waals surface area (Å²) >= 11 is 0. The summed E-state index contributed by atoms with van der Waals surface area (Å²) in [6, 6.07) is 18.5. The van der Waals surface area contributed by atoms with Crippen molar-refractivity contribution in [3.8, 4) is 22.5 Å². The van der Waals surface area contributed by atoms with Gasteiger partial charge in [0, 0.05) is 23.1 Å². The Balaban J connectivity index is 1.49. The van der Waals surface area contributed by atoms with Crippen molar-refractivity contribution < 1.29 is 13.3 Å². The molecule has 0 bridgehead atoms. The summed E-state index contributed by atoms with van der Waals surface area (Å²) in [5.41, 5.74) is 4.49. The first-order valence-electron chi connectivity index (χ1n) is 13.1. The minimum Gasteiger partial charge on any atom is -0.296 e. The highest BCUT2D eigenvalue weighted by Crippen LogP contribution is 2.30. The van der Waals surface area contributed by atoms with E-state index in [1.165, 1.54) is 4.57 Å². The van der Waals surface area contributed by atoms with Gasteiger partial charge in [-0.1, -0.05) is 67.0 Å². The monoisotopic (exact) mass is 542 g/mol. The molecule has 0 spiro atoms. The zero-order valence-electron chi connectivity index (χ0n) is 22.2. The van der Waals surface area contributed by atoms with E-state index in [0.29, 0.717) is 30.1 Å². The number of unbranched alkanes of at least 4 members (excludes halogenated alkanes) is 1. The molecule has 0 fully saturated rings. The first-order chi connectivity index (χ1) is 19.3. The Hall–Kier alpha value is -4.66. The molecule has 7 nitrogen and oxygen atoms in total. The number of halogens is 2. The van der Waals surface area contributed by atoms with Gasteiger partial charge >= 0.3 is 5.76 Å². The molecule has 5 rings (SSSR count). The average molecular weight is 543 g/mol. The van der Waals surface area contributed by atoms with Gasteiger partial charge in [0.05, 0.1) is 12.2 Å². The molecule has 0 atom stereocenters. The smallest absolute Gasteiger partial charge is 0.296 e. The number of hydrogen-bond donors (Lipinski definition) is 1. The minimum absolute atomic E-state index is 0.0933. The molecule has 0 unspecified atom stereocenters. The Morgan fingerprint density at radius 1 is 0.975 bits per heavy atom. The highest BCUT2D eigenvalue weighted by molar-refractivity contribution is 5.80. The van der Waals surface area contributed by atoms with Crippen LogP contribution < -0.4 is 11.3 Å². The van der Waals surface area contributed by atoms with Crippen LogP contribution in [-0.4, -0.2) is 19.7 Å². The molecule has 204 valence electrons. The molecule has 40 heavy (non-hydrogen) atoms. The van der Waals surface area contributed by atoms with E-state index >= 15 is 0 Å². The van der Waals surface area contributed by atoms with E-state index < -0.39 is 17.4 Å². The van der Waals surface area contributed by atoms with E-state index in [2.05, 4.69) is 21.6 Å². The largest absolute Gasteiger partial charge is 0.439 e. The second-order valence-corrected chi connectivity index (χ2v) is 9.68. The maximum atomic E-state index is 14.4. The van der Waals surface area contributed by atoms with Crippen LogP contribution in [0, 0.1) is 18.6 Å². The fourth-order valence-corrected chi connectivity index (χ4v) is 4.80. The van der Waals surface area contributed by atoms with Gasteiger partial charge < -0.3 is 0 Å². The lowest BCUT2D eigenvalue weighted by Gasteiger charge is -2.16. The van der Waals surface area contributed by atoms with E-state index in [9.17, 15) is 18.4 Å². The summed E-state index contributed by atoms with van der Waals surface area (Å²) < 4.78 is 34.3. The average Bonchev–Trinajstić information content (AvgIpc) is 3.39. The van der Waals surface area contributed by atoms with Crippen molar-refractivity contribution in [2.24, 2.45) is 0 Å². The van der Waals surface area contributed by atoms with Gasteiger partial charge in [-0.05, 0) is 54.7 Å². The van der Waals surface area contributed by atoms with Crippen molar-refractivity contribution in [1.82, 2.24) is 19.7 Å². The lowest BCUT2D eigenvalue weighted by atomic mass is 9.96. The first-order valence-corrected chi connectivity index (χ1v) is 13.1. The molecule has 9 heteroatoms. The first kappa shape index (κ1) is 26.9. The highest BCUT2D eigenvalue weighted by atomic mass is 19.1. The van der Waals surface area contributed by atoms with Gasteiger partial charge in [-0.2, -0.15) is 0 Å². The predicted molar refractivity (Wildman–Crippen MR) is 148 cm³/mol. The van der Waals surface area contributed by atoms with Crippen molar-refractivity contribution in [3.63, 3.8) is 0 Å². The Labute approximate surface area is 229 Å². The molecule has 0 radical (unpaired) electrons. The van der Waals surface area contributed by atoms with Crippen LogP contribution in [0.2, 0.25) is 0 Å². The number of aromatic nitrogens is 4. The van der Waals surface area contributed by atoms with E-state index in [-0.39, 0.29) is 17.7 Å². The second kappa shape index (κ2) is 11.6. The standard InChI is InChI=1S/C31H28F2N4O3/c1-3-4-9-28-26(30(38)37(19(2)34-28)18-22-17-23(32)14-15-27(22)33)16-20-10-12-21(13-11-20)24-7-5-6-8-25(24)29-35-31(39)40-36-29/h5-8,10-15,17H,3-4,9,16,18H2,1-2H3,(H,35,36,39). The summed E-state index contributed by atoms with van der Waals surface area (Å²) in [6.07, 6.45) is 2.82. The zero-order valence-corrected chi connectivity index (χ0v) is 22.2. The lowest BCUT2D eigenvalue weighted by molar-refractivity contribution is 0.388. The topological polar surface area (TPSA) is 93.8 Å². The van der Waals surface area contributed by atoms with E-state index in [0.717, 1.165) is 59.0 Å². The summed E-state index contributed by atoms with van der Waals surface area (Å²) in [7, 11) is 0. The van der Waals surface area contributed by atoms with Gasteiger partial charge in [-0.15, -0.1) is 0 Å². The fraction of sp³-hybridized carbons (Fsp3) is 0.226. The Bertz CT molecular complexity index is 1770. The molecule has 0 aliphatic rings. The van der Waals surface area contributed by atoms with Crippen LogP contribution in [0.25, 0.3) is 22.5 Å². The molecule has 3 aromatic carbocycles. The second-order valence-electron chi connectivity index (χ2n) is 9.68. The quantitative estimate of drug-likeness (QED) is 0.253. The molecule has 0 amide bonds. The summed E-state index contributed by atoms with van der Waals surface area (Å²) in [5.74, 6) is -0.967. The number of aromatic amines is 1. The third kappa shape index (κ3) is 5.68. The van der Waals surface area contributed by atoms with Gasteiger partial charge in [0.1, 0.15) is 17.5 Å². The molecule has 2 heterocycles. The summed E-state index contributed by atoms with van der Waals surface area (Å²) in [5, 5.41) is 3.81. The number of nitrogens with one attached hydrogen (secondary N) is 1. The fourth-order valence-electron chi connectivity index (χ4n) is 4.80. The van der Waals surface area contributed by atoms with Gasteiger partial charge in [0.25, 0.3) is 5.56 Å². The van der Waals surface area contributed by atoms with E-state index in [4.69, 9.17) is 4.98 Å². The van der Waals surface area contributed by atoms with Crippen molar-refractivity contribution >= 4 is 0 Å². The number of aryl methyl sites for hydroxylation is 2. The van der Waals surface area contributed by atoms with Crippen LogP contribution in [0.15, 0.2) is 80.8 Å². The molecule has 1 N–H and O–H groups in total. The SMILES string of the molecule is CCCCc1nc(C)n(Cc2cc(F)ccc2F)c(=O)c1Cc1ccc(-c2ccccc2-c2noc(=O)[nH]2)cc1. The number of rotatable bonds is 9. The predicted octanol–water partition coefficient (Wildman–Crippen LogP) is 5.82. The molecule has 0 saturated carbocycles. The minimum atomic E-state index is -0.628. The summed E-state index contributed by atoms with van der Waals surface area (Å²) in [6.45, 7) is 3.68. The normalized spacial score (nSPS) is 11.2. The van der Waals surface area contributed by atoms with Gasteiger partial charge in [0.2, 0.25) is 0 Å². The Morgan fingerprint density at radius 3 is 2.42 bits per heavy atom. The van der Waals surface area contributed by atoms with Crippen LogP contribution in [-0.2, 0) is 19.4 Å². The molecule has 0 aliphatic heterocycles. The maximum absolute atomic E-state index is 14.4. The maximum Gasteiger partial charge on any atom is 0.439 e. The zero-order chi connectivity index (χ0) is 28.2. The van der Waals surface area contributed by atoms with E-state index in [1.807, 2.05) is 48.5 Å². The Morgan fingerprint density at radius 2 is 1.73 bits per heavy atom. The molecular weight excluding hydrogens is 514 g/mol. The number of nitrogens with zero attached hydrogens (tertiary/aromatic N) is 3. The molecule has 0 aliphatic carbocycles. The molecule has 5 aromatic rings. The number of benzene rings is 3. The lowest BCUT2D eigenvalue weighted by Crippen LogP contribution is -2.30. The van der Waals surface area contributed by atoms with Gasteiger partial charge in [0.15, 0.2) is 5.82 Å². The third-order valence-corrected chi connectivity index (χ3v) is 6.91. The van der Waals surface area contributed by atoms with Crippen LogP contribution in [0.5, 0.6) is 0 Å². The van der Waals surface area contributed by atoms with Crippen LogP contribution in [0.4, 0.5) is 8.78 Å². The van der Waals surface area contributed by atoms with Crippen molar-refractivity contribution in [2.75, 3.05) is 0 Å². The van der Waals surface area contributed by atoms with Crippen LogP contribution in [0.3, 0.4) is 0 Å². The molecule has 0 saturated heterocycles. The van der Waals surface area contributed by atoms with Crippen LogP contribution >= 0.6 is 0 Å². The number of hydrogen-bond acceptors (Lipinski definition) is 5.